The molecule has 0 saturated carbocycles. The summed E-state index contributed by atoms with van der Waals surface area (Å²) in [6.07, 6.45) is -2.73. The van der Waals surface area contributed by atoms with Crippen molar-refractivity contribution >= 4 is 5.69 Å². The maximum atomic E-state index is 13.3. The van der Waals surface area contributed by atoms with E-state index in [-0.39, 0.29) is 11.3 Å². The molecule has 2 rings (SSSR count). The second kappa shape index (κ2) is 5.66. The van der Waals surface area contributed by atoms with Crippen molar-refractivity contribution < 1.29 is 18.3 Å². The van der Waals surface area contributed by atoms with Crippen LogP contribution in [-0.4, -0.2) is 42.6 Å². The number of alkyl halides is 2. The second-order valence-corrected chi connectivity index (χ2v) is 4.50. The number of nitrogens with zero attached hydrogens (tertiary/aromatic N) is 1. The van der Waals surface area contributed by atoms with E-state index in [9.17, 15) is 18.3 Å². The summed E-state index contributed by atoms with van der Waals surface area (Å²) in [7, 11) is 0. The van der Waals surface area contributed by atoms with Gasteiger partial charge in [-0.15, -0.1) is 0 Å². The first-order chi connectivity index (χ1) is 9.00. The van der Waals surface area contributed by atoms with Gasteiger partial charge in [-0.3, -0.25) is 4.90 Å². The zero-order valence-corrected chi connectivity index (χ0v) is 10.2. The fraction of sp³-hybridized carbons (Fsp3) is 0.500. The van der Waals surface area contributed by atoms with Gasteiger partial charge in [0.1, 0.15) is 17.6 Å². The van der Waals surface area contributed by atoms with E-state index in [2.05, 4.69) is 5.32 Å². The summed E-state index contributed by atoms with van der Waals surface area (Å²) in [5.74, 6) is -1.20. The Bertz CT molecular complexity index is 450. The molecule has 0 aliphatic carbocycles. The monoisotopic (exact) mass is 275 g/mol. The van der Waals surface area contributed by atoms with E-state index >= 15 is 0 Å². The minimum absolute atomic E-state index is 0.158. The molecule has 106 valence electrons. The van der Waals surface area contributed by atoms with Gasteiger partial charge in [-0.05, 0) is 6.07 Å². The average Bonchev–Trinajstić information content (AvgIpc) is 2.36. The minimum atomic E-state index is -2.73. The first-order valence-corrected chi connectivity index (χ1v) is 6.01. The lowest BCUT2D eigenvalue weighted by Crippen LogP contribution is -2.47. The van der Waals surface area contributed by atoms with Crippen LogP contribution in [0.2, 0.25) is 0 Å². The van der Waals surface area contributed by atoms with Crippen molar-refractivity contribution in [2.24, 2.45) is 0 Å². The molecule has 1 heterocycles. The van der Waals surface area contributed by atoms with Crippen molar-refractivity contribution in [3.05, 3.63) is 23.5 Å². The van der Waals surface area contributed by atoms with Gasteiger partial charge in [0.2, 0.25) is 0 Å². The van der Waals surface area contributed by atoms with Crippen molar-refractivity contribution in [1.82, 2.24) is 10.2 Å². The first kappa shape index (κ1) is 14.0. The van der Waals surface area contributed by atoms with Crippen LogP contribution >= 0.6 is 0 Å². The predicted molar refractivity (Wildman–Crippen MR) is 65.7 cm³/mol. The zero-order valence-electron chi connectivity index (χ0n) is 10.2. The smallest absolute Gasteiger partial charge is 0.258 e. The van der Waals surface area contributed by atoms with Crippen LogP contribution < -0.4 is 11.1 Å². The number of rotatable bonds is 3. The number of phenolic OH excluding ortho intramolecular Hbond substituents is 1. The summed E-state index contributed by atoms with van der Waals surface area (Å²) in [5.41, 5.74) is 5.04. The van der Waals surface area contributed by atoms with Crippen molar-refractivity contribution in [2.75, 3.05) is 31.9 Å². The minimum Gasteiger partial charge on any atom is -0.505 e. The van der Waals surface area contributed by atoms with Gasteiger partial charge in [0.25, 0.3) is 6.43 Å². The van der Waals surface area contributed by atoms with Gasteiger partial charge in [0, 0.05) is 37.8 Å². The zero-order chi connectivity index (χ0) is 14.0. The standard InChI is InChI=1S/C12H16F3N3O/c13-7-5-8(11(19)9(16)6-7)10(12(14)15)18-3-1-17-2-4-18/h5-6,10,12,17,19H,1-4,16H2/t10-/m1/s1. The first-order valence-electron chi connectivity index (χ1n) is 6.01. The number of halogens is 3. The van der Waals surface area contributed by atoms with E-state index in [1.54, 1.807) is 0 Å². The highest BCUT2D eigenvalue weighted by Gasteiger charge is 2.33. The molecule has 7 heteroatoms. The molecule has 0 bridgehead atoms. The van der Waals surface area contributed by atoms with Crippen LogP contribution in [0.3, 0.4) is 0 Å². The molecule has 19 heavy (non-hydrogen) atoms. The summed E-state index contributed by atoms with van der Waals surface area (Å²) in [6.45, 7) is 1.97. The van der Waals surface area contributed by atoms with Gasteiger partial charge in [-0.25, -0.2) is 13.2 Å². The number of anilines is 1. The molecular formula is C12H16F3N3O. The Morgan fingerprint density at radius 3 is 2.47 bits per heavy atom. The van der Waals surface area contributed by atoms with Crippen molar-refractivity contribution in [3.63, 3.8) is 0 Å². The fourth-order valence-corrected chi connectivity index (χ4v) is 2.32. The van der Waals surface area contributed by atoms with Crippen LogP contribution in [-0.2, 0) is 0 Å². The molecule has 4 nitrogen and oxygen atoms in total. The molecule has 1 fully saturated rings. The maximum Gasteiger partial charge on any atom is 0.258 e. The van der Waals surface area contributed by atoms with Crippen molar-refractivity contribution in [2.45, 2.75) is 12.5 Å². The summed E-state index contributed by atoms with van der Waals surface area (Å²) in [6, 6.07) is 0.490. The van der Waals surface area contributed by atoms with Crippen LogP contribution in [0.4, 0.5) is 18.9 Å². The van der Waals surface area contributed by atoms with Crippen LogP contribution in [0.5, 0.6) is 5.75 Å². The molecule has 1 atom stereocenters. The number of aromatic hydroxyl groups is 1. The van der Waals surface area contributed by atoms with E-state index in [0.29, 0.717) is 26.2 Å². The van der Waals surface area contributed by atoms with Gasteiger partial charge >= 0.3 is 0 Å². The number of nitrogens with one attached hydrogen (secondary N) is 1. The van der Waals surface area contributed by atoms with Crippen LogP contribution in [0.15, 0.2) is 12.1 Å². The lowest BCUT2D eigenvalue weighted by atomic mass is 10.0. The number of nitrogens with two attached hydrogens (primary N) is 1. The Hall–Kier alpha value is -1.47. The molecule has 1 aromatic rings. The normalized spacial score (nSPS) is 18.7. The number of nitrogen functional groups attached to an aromatic ring is 1. The third-order valence-electron chi connectivity index (χ3n) is 3.24. The summed E-state index contributed by atoms with van der Waals surface area (Å²) >= 11 is 0. The molecule has 4 N–H and O–H groups in total. The fourth-order valence-electron chi connectivity index (χ4n) is 2.32. The highest BCUT2D eigenvalue weighted by Crippen LogP contribution is 2.37. The third-order valence-corrected chi connectivity index (χ3v) is 3.24. The number of hydrogen-bond donors (Lipinski definition) is 3. The van der Waals surface area contributed by atoms with Gasteiger partial charge in [0.15, 0.2) is 0 Å². The summed E-state index contributed by atoms with van der Waals surface area (Å²) < 4.78 is 39.9. The third kappa shape index (κ3) is 2.93. The molecule has 1 aromatic carbocycles. The maximum absolute atomic E-state index is 13.3. The molecule has 1 aliphatic rings. The van der Waals surface area contributed by atoms with Crippen LogP contribution in [0, 0.1) is 5.82 Å². The number of hydrogen-bond acceptors (Lipinski definition) is 4. The summed E-state index contributed by atoms with van der Waals surface area (Å²) in [4.78, 5) is 1.52. The van der Waals surface area contributed by atoms with Gasteiger partial charge in [-0.2, -0.15) is 0 Å². The lowest BCUT2D eigenvalue weighted by Gasteiger charge is -2.35. The Labute approximate surface area is 109 Å². The Morgan fingerprint density at radius 1 is 1.26 bits per heavy atom. The van der Waals surface area contributed by atoms with Gasteiger partial charge in [-0.1, -0.05) is 0 Å². The van der Waals surface area contributed by atoms with Crippen LogP contribution in [0.25, 0.3) is 0 Å². The van der Waals surface area contributed by atoms with Crippen LogP contribution in [0.1, 0.15) is 11.6 Å². The largest absolute Gasteiger partial charge is 0.505 e. The van der Waals surface area contributed by atoms with E-state index < -0.39 is 24.0 Å². The Morgan fingerprint density at radius 2 is 1.89 bits per heavy atom. The van der Waals surface area contributed by atoms with E-state index in [4.69, 9.17) is 5.73 Å². The quantitative estimate of drug-likeness (QED) is 0.575. The van der Waals surface area contributed by atoms with Gasteiger partial charge < -0.3 is 16.2 Å². The topological polar surface area (TPSA) is 61.5 Å². The highest BCUT2D eigenvalue weighted by atomic mass is 19.3. The predicted octanol–water partition coefficient (Wildman–Crippen LogP) is 1.32. The molecule has 0 radical (unpaired) electrons. The van der Waals surface area contributed by atoms with E-state index in [0.717, 1.165) is 12.1 Å². The molecule has 0 aromatic heterocycles. The molecule has 1 aliphatic heterocycles. The Kier molecular flexibility index (Phi) is 4.16. The highest BCUT2D eigenvalue weighted by molar-refractivity contribution is 5.57. The number of phenols is 1. The molecule has 0 spiro atoms. The lowest BCUT2D eigenvalue weighted by molar-refractivity contribution is 0.0169. The SMILES string of the molecule is Nc1cc(F)cc([C@H](C(F)F)N2CCNCC2)c1O. The van der Waals surface area contributed by atoms with Crippen molar-refractivity contribution in [3.8, 4) is 5.75 Å². The number of piperazine rings is 1. The average molecular weight is 275 g/mol. The van der Waals surface area contributed by atoms with E-state index in [1.165, 1.54) is 4.90 Å². The number of benzene rings is 1. The Balaban J connectivity index is 2.38. The molecular weight excluding hydrogens is 259 g/mol. The van der Waals surface area contributed by atoms with Crippen molar-refractivity contribution in [1.29, 1.82) is 0 Å². The molecule has 1 saturated heterocycles. The van der Waals surface area contributed by atoms with Gasteiger partial charge in [0.05, 0.1) is 5.69 Å². The molecule has 0 unspecified atom stereocenters. The summed E-state index contributed by atoms with van der Waals surface area (Å²) in [5, 5.41) is 12.9. The van der Waals surface area contributed by atoms with E-state index in [1.807, 2.05) is 0 Å². The molecule has 0 amide bonds. The second-order valence-electron chi connectivity index (χ2n) is 4.50.